The van der Waals surface area contributed by atoms with Gasteiger partial charge in [-0.25, -0.2) is 4.98 Å². The second-order valence-electron chi connectivity index (χ2n) is 5.74. The number of aromatic nitrogens is 2. The summed E-state index contributed by atoms with van der Waals surface area (Å²) in [6, 6.07) is 15.2. The van der Waals surface area contributed by atoms with E-state index in [-0.39, 0.29) is 11.8 Å². The highest BCUT2D eigenvalue weighted by Crippen LogP contribution is 2.23. The first-order valence-corrected chi connectivity index (χ1v) is 8.34. The summed E-state index contributed by atoms with van der Waals surface area (Å²) < 4.78 is 0. The van der Waals surface area contributed by atoms with E-state index in [0.29, 0.717) is 11.0 Å². The highest BCUT2D eigenvalue weighted by Gasteiger charge is 2.17. The molecule has 3 N–H and O–H groups in total. The molecule has 5 nitrogen and oxygen atoms in total. The van der Waals surface area contributed by atoms with Gasteiger partial charge in [0.15, 0.2) is 0 Å². The van der Waals surface area contributed by atoms with Gasteiger partial charge in [0, 0.05) is 17.8 Å². The van der Waals surface area contributed by atoms with Gasteiger partial charge in [0.25, 0.3) is 0 Å². The van der Waals surface area contributed by atoms with E-state index in [0.717, 1.165) is 22.5 Å². The van der Waals surface area contributed by atoms with Gasteiger partial charge >= 0.3 is 0 Å². The zero-order valence-corrected chi connectivity index (χ0v) is 14.8. The maximum absolute atomic E-state index is 12.4. The first kappa shape index (κ1) is 17.0. The third-order valence-electron chi connectivity index (χ3n) is 4.04. The largest absolute Gasteiger partial charge is 0.388 e. The van der Waals surface area contributed by atoms with E-state index in [2.05, 4.69) is 20.6 Å². The normalized spacial score (nSPS) is 11.8. The number of amides is 1. The van der Waals surface area contributed by atoms with Crippen molar-refractivity contribution in [1.82, 2.24) is 9.97 Å². The number of benzene rings is 2. The highest BCUT2D eigenvalue weighted by atomic mass is 35.5. The van der Waals surface area contributed by atoms with Crippen molar-refractivity contribution in [2.45, 2.75) is 12.8 Å². The van der Waals surface area contributed by atoms with Crippen molar-refractivity contribution < 1.29 is 4.79 Å². The lowest BCUT2D eigenvalue weighted by atomic mass is 10.0. The van der Waals surface area contributed by atoms with Crippen molar-refractivity contribution in [3.8, 4) is 11.3 Å². The lowest BCUT2D eigenvalue weighted by Gasteiger charge is -2.11. The fourth-order valence-electron chi connectivity index (χ4n) is 2.50. The Morgan fingerprint density at radius 1 is 1.20 bits per heavy atom. The molecule has 0 aliphatic heterocycles. The number of nitrogens with zero attached hydrogens (tertiary/aromatic N) is 1. The molecule has 3 rings (SSSR count). The molecular formula is C19H19ClN4O. The average Bonchev–Trinajstić information content (AvgIpc) is 3.09. The van der Waals surface area contributed by atoms with Crippen LogP contribution in [0.1, 0.15) is 18.4 Å². The summed E-state index contributed by atoms with van der Waals surface area (Å²) in [5, 5.41) is 6.50. The molecule has 0 radical (unpaired) electrons. The van der Waals surface area contributed by atoms with Crippen LogP contribution in [0.5, 0.6) is 0 Å². The van der Waals surface area contributed by atoms with Gasteiger partial charge in [-0.3, -0.25) is 10.1 Å². The Morgan fingerprint density at radius 3 is 2.64 bits per heavy atom. The Bertz CT molecular complexity index is 873. The minimum atomic E-state index is -0.331. The van der Waals surface area contributed by atoms with Crippen LogP contribution in [0, 0.1) is 0 Å². The number of imidazole rings is 1. The minimum absolute atomic E-state index is 0.145. The van der Waals surface area contributed by atoms with E-state index in [1.807, 2.05) is 50.4 Å². The van der Waals surface area contributed by atoms with Crippen LogP contribution in [0.4, 0.5) is 11.6 Å². The molecule has 0 bridgehead atoms. The SMILES string of the molecule is CNc1ccc(-c2cnc(NC(=O)C(C)c3cccc(Cl)c3)[nH]2)cc1. The van der Waals surface area contributed by atoms with Crippen molar-refractivity contribution in [3.63, 3.8) is 0 Å². The molecule has 0 saturated carbocycles. The average molecular weight is 355 g/mol. The Labute approximate surface area is 151 Å². The molecule has 0 saturated heterocycles. The third-order valence-corrected chi connectivity index (χ3v) is 4.28. The third kappa shape index (κ3) is 4.00. The summed E-state index contributed by atoms with van der Waals surface area (Å²) in [4.78, 5) is 19.8. The van der Waals surface area contributed by atoms with E-state index in [9.17, 15) is 4.79 Å². The maximum Gasteiger partial charge on any atom is 0.233 e. The van der Waals surface area contributed by atoms with Gasteiger partial charge < -0.3 is 10.3 Å². The van der Waals surface area contributed by atoms with Crippen LogP contribution in [0.15, 0.2) is 54.7 Å². The number of anilines is 2. The molecular weight excluding hydrogens is 336 g/mol. The van der Waals surface area contributed by atoms with E-state index >= 15 is 0 Å². The second-order valence-corrected chi connectivity index (χ2v) is 6.18. The molecule has 0 fully saturated rings. The monoisotopic (exact) mass is 354 g/mol. The number of rotatable bonds is 5. The summed E-state index contributed by atoms with van der Waals surface area (Å²) in [7, 11) is 1.87. The quantitative estimate of drug-likeness (QED) is 0.631. The van der Waals surface area contributed by atoms with Gasteiger partial charge in [0.05, 0.1) is 17.8 Å². The molecule has 6 heteroatoms. The Hall–Kier alpha value is -2.79. The van der Waals surface area contributed by atoms with Gasteiger partial charge in [0.2, 0.25) is 11.9 Å². The van der Waals surface area contributed by atoms with Gasteiger partial charge in [-0.1, -0.05) is 35.9 Å². The molecule has 1 unspecified atom stereocenters. The van der Waals surface area contributed by atoms with Gasteiger partial charge in [-0.05, 0) is 42.3 Å². The molecule has 1 atom stereocenters. The molecule has 0 aliphatic rings. The number of hydrogen-bond acceptors (Lipinski definition) is 3. The van der Waals surface area contributed by atoms with Gasteiger partial charge in [0.1, 0.15) is 0 Å². The van der Waals surface area contributed by atoms with Crippen molar-refractivity contribution >= 4 is 29.1 Å². The Morgan fingerprint density at radius 2 is 1.96 bits per heavy atom. The molecule has 1 aromatic heterocycles. The fraction of sp³-hybridized carbons (Fsp3) is 0.158. The molecule has 2 aromatic carbocycles. The van der Waals surface area contributed by atoms with Crippen molar-refractivity contribution in [2.75, 3.05) is 17.7 Å². The molecule has 3 aromatic rings. The number of H-pyrrole nitrogens is 1. The van der Waals surface area contributed by atoms with Crippen molar-refractivity contribution in [2.24, 2.45) is 0 Å². The standard InChI is InChI=1S/C19H19ClN4O/c1-12(14-4-3-5-15(20)10-14)18(25)24-19-22-11-17(23-19)13-6-8-16(21-2)9-7-13/h3-12,21H,1-2H3,(H2,22,23,24,25). The number of hydrogen-bond donors (Lipinski definition) is 3. The minimum Gasteiger partial charge on any atom is -0.388 e. The predicted molar refractivity (Wildman–Crippen MR) is 102 cm³/mol. The lowest BCUT2D eigenvalue weighted by molar-refractivity contribution is -0.117. The maximum atomic E-state index is 12.4. The van der Waals surface area contributed by atoms with Gasteiger partial charge in [-0.15, -0.1) is 0 Å². The van der Waals surface area contributed by atoms with Crippen molar-refractivity contribution in [3.05, 3.63) is 65.3 Å². The molecule has 128 valence electrons. The van der Waals surface area contributed by atoms with Crippen LogP contribution in [0.25, 0.3) is 11.3 Å². The molecule has 1 amide bonds. The van der Waals surface area contributed by atoms with Gasteiger partial charge in [-0.2, -0.15) is 0 Å². The number of carbonyl (C=O) groups excluding carboxylic acids is 1. The first-order valence-electron chi connectivity index (χ1n) is 7.96. The molecule has 0 spiro atoms. The fourth-order valence-corrected chi connectivity index (χ4v) is 2.70. The second kappa shape index (κ2) is 7.40. The Kier molecular flexibility index (Phi) is 5.05. The number of aromatic amines is 1. The van der Waals surface area contributed by atoms with Crippen LogP contribution >= 0.6 is 11.6 Å². The molecule has 25 heavy (non-hydrogen) atoms. The highest BCUT2D eigenvalue weighted by molar-refractivity contribution is 6.30. The molecule has 1 heterocycles. The Balaban J connectivity index is 1.71. The van der Waals surface area contributed by atoms with E-state index in [4.69, 9.17) is 11.6 Å². The molecule has 0 aliphatic carbocycles. The zero-order chi connectivity index (χ0) is 17.8. The summed E-state index contributed by atoms with van der Waals surface area (Å²) in [5.74, 6) is -0.0533. The van der Waals surface area contributed by atoms with E-state index < -0.39 is 0 Å². The first-order chi connectivity index (χ1) is 12.1. The topological polar surface area (TPSA) is 69.8 Å². The van der Waals surface area contributed by atoms with Crippen LogP contribution in [0.3, 0.4) is 0 Å². The predicted octanol–water partition coefficient (Wildman–Crippen LogP) is 4.51. The van der Waals surface area contributed by atoms with E-state index in [1.54, 1.807) is 18.3 Å². The van der Waals surface area contributed by atoms with Crippen LogP contribution in [0.2, 0.25) is 5.02 Å². The van der Waals surface area contributed by atoms with Crippen LogP contribution in [-0.2, 0) is 4.79 Å². The van der Waals surface area contributed by atoms with Crippen molar-refractivity contribution in [1.29, 1.82) is 0 Å². The lowest BCUT2D eigenvalue weighted by Crippen LogP contribution is -2.19. The summed E-state index contributed by atoms with van der Waals surface area (Å²) in [6.07, 6.45) is 1.70. The number of carbonyl (C=O) groups is 1. The summed E-state index contributed by atoms with van der Waals surface area (Å²) in [6.45, 7) is 1.83. The number of halogens is 1. The zero-order valence-electron chi connectivity index (χ0n) is 14.0. The van der Waals surface area contributed by atoms with Crippen LogP contribution in [-0.4, -0.2) is 22.9 Å². The number of nitrogens with one attached hydrogen (secondary N) is 3. The smallest absolute Gasteiger partial charge is 0.233 e. The summed E-state index contributed by atoms with van der Waals surface area (Å²) >= 11 is 5.99. The van der Waals surface area contributed by atoms with E-state index in [1.165, 1.54) is 0 Å². The summed E-state index contributed by atoms with van der Waals surface area (Å²) in [5.41, 5.74) is 3.73. The van der Waals surface area contributed by atoms with Crippen LogP contribution < -0.4 is 10.6 Å².